The summed E-state index contributed by atoms with van der Waals surface area (Å²) >= 11 is 0. The number of benzene rings is 3. The fourth-order valence-corrected chi connectivity index (χ4v) is 3.68. The third-order valence-electron chi connectivity index (χ3n) is 5.41. The van der Waals surface area contributed by atoms with E-state index in [2.05, 4.69) is 0 Å². The number of pyridine rings is 1. The summed E-state index contributed by atoms with van der Waals surface area (Å²) in [7, 11) is 1.74. The quantitative estimate of drug-likeness (QED) is 0.443. The van der Waals surface area contributed by atoms with Crippen LogP contribution in [0.4, 0.5) is 10.1 Å². The van der Waals surface area contributed by atoms with E-state index in [1.807, 2.05) is 60.7 Å². The van der Waals surface area contributed by atoms with Crippen molar-refractivity contribution in [3.8, 4) is 39.4 Å². The first-order valence-corrected chi connectivity index (χ1v) is 9.96. The van der Waals surface area contributed by atoms with Crippen molar-refractivity contribution in [3.63, 3.8) is 0 Å². The molecule has 0 atom stereocenters. The van der Waals surface area contributed by atoms with Gasteiger partial charge >= 0.3 is 0 Å². The molecule has 0 unspecified atom stereocenters. The molecule has 0 saturated carbocycles. The van der Waals surface area contributed by atoms with E-state index in [1.54, 1.807) is 24.1 Å². The van der Waals surface area contributed by atoms with Crippen LogP contribution in [0.2, 0.25) is 0 Å². The Morgan fingerprint density at radius 1 is 0.806 bits per heavy atom. The van der Waals surface area contributed by atoms with Crippen molar-refractivity contribution >= 4 is 11.6 Å². The van der Waals surface area contributed by atoms with Crippen LogP contribution in [0.1, 0.15) is 0 Å². The van der Waals surface area contributed by atoms with E-state index in [9.17, 15) is 9.18 Å². The minimum atomic E-state index is -0.287. The highest BCUT2D eigenvalue weighted by molar-refractivity contribution is 5.98. The Balaban J connectivity index is 1.67. The molecular formula is C26H19FN2O2. The van der Waals surface area contributed by atoms with Gasteiger partial charge in [0.2, 0.25) is 0 Å². The molecule has 1 aromatic heterocycles. The molecule has 0 radical (unpaired) electrons. The molecule has 0 saturated heterocycles. The summed E-state index contributed by atoms with van der Waals surface area (Å²) in [6.07, 6.45) is 0. The fourth-order valence-electron chi connectivity index (χ4n) is 3.68. The maximum atomic E-state index is 13.5. The van der Waals surface area contributed by atoms with Crippen molar-refractivity contribution in [2.45, 2.75) is 0 Å². The third kappa shape index (κ3) is 3.66. The lowest BCUT2D eigenvalue weighted by molar-refractivity contribution is -0.120. The van der Waals surface area contributed by atoms with Gasteiger partial charge < -0.3 is 9.64 Å². The van der Waals surface area contributed by atoms with E-state index < -0.39 is 0 Å². The van der Waals surface area contributed by atoms with E-state index in [4.69, 9.17) is 9.72 Å². The Morgan fingerprint density at radius 3 is 2.23 bits per heavy atom. The number of aromatic nitrogens is 1. The number of nitrogens with zero attached hydrogens (tertiary/aromatic N) is 2. The lowest BCUT2D eigenvalue weighted by Crippen LogP contribution is -2.35. The molecule has 2 heterocycles. The molecule has 152 valence electrons. The van der Waals surface area contributed by atoms with E-state index in [0.29, 0.717) is 11.4 Å². The van der Waals surface area contributed by atoms with Gasteiger partial charge in [0.15, 0.2) is 6.61 Å². The Bertz CT molecular complexity index is 1270. The zero-order chi connectivity index (χ0) is 21.4. The van der Waals surface area contributed by atoms with Gasteiger partial charge in [0.1, 0.15) is 11.6 Å². The highest BCUT2D eigenvalue weighted by Gasteiger charge is 2.23. The van der Waals surface area contributed by atoms with E-state index in [0.717, 1.165) is 33.6 Å². The summed E-state index contributed by atoms with van der Waals surface area (Å²) in [5, 5.41) is 0. The molecule has 4 nitrogen and oxygen atoms in total. The lowest BCUT2D eigenvalue weighted by atomic mass is 9.99. The molecule has 0 bridgehead atoms. The standard InChI is InChI=1S/C26H19FN2O2/c1-29-24-15-19(9-12-25(24)31-16-26(29)30)23-14-20(17-5-3-2-4-6-17)13-22(28-23)18-7-10-21(27)11-8-18/h2-15H,16H2,1H3. The van der Waals surface area contributed by atoms with E-state index in [1.165, 1.54) is 12.1 Å². The van der Waals surface area contributed by atoms with Crippen LogP contribution in [0.5, 0.6) is 5.75 Å². The average molecular weight is 410 g/mol. The Kier molecular flexibility index (Phi) is 4.71. The highest BCUT2D eigenvalue weighted by atomic mass is 19.1. The number of hydrogen-bond acceptors (Lipinski definition) is 3. The first-order valence-electron chi connectivity index (χ1n) is 9.96. The van der Waals surface area contributed by atoms with Crippen LogP contribution in [-0.2, 0) is 4.79 Å². The van der Waals surface area contributed by atoms with Crippen LogP contribution in [-0.4, -0.2) is 24.5 Å². The van der Waals surface area contributed by atoms with Crippen molar-refractivity contribution in [2.75, 3.05) is 18.6 Å². The zero-order valence-electron chi connectivity index (χ0n) is 16.9. The Hall–Kier alpha value is -3.99. The molecular weight excluding hydrogens is 391 g/mol. The van der Waals surface area contributed by atoms with Crippen LogP contribution in [0.15, 0.2) is 84.9 Å². The topological polar surface area (TPSA) is 42.4 Å². The molecule has 0 N–H and O–H groups in total. The molecule has 3 aromatic carbocycles. The zero-order valence-corrected chi connectivity index (χ0v) is 16.9. The van der Waals surface area contributed by atoms with Crippen LogP contribution < -0.4 is 9.64 Å². The van der Waals surface area contributed by atoms with Crippen molar-refractivity contribution < 1.29 is 13.9 Å². The van der Waals surface area contributed by atoms with E-state index >= 15 is 0 Å². The summed E-state index contributed by atoms with van der Waals surface area (Å²) in [6, 6.07) is 26.1. The maximum Gasteiger partial charge on any atom is 0.264 e. The molecule has 5 rings (SSSR count). The second-order valence-electron chi connectivity index (χ2n) is 7.42. The number of anilines is 1. The first-order chi connectivity index (χ1) is 15.1. The molecule has 1 aliphatic heterocycles. The maximum absolute atomic E-state index is 13.5. The molecule has 31 heavy (non-hydrogen) atoms. The number of halogens is 1. The molecule has 5 heteroatoms. The number of carbonyl (C=O) groups excluding carboxylic acids is 1. The molecule has 4 aromatic rings. The second-order valence-corrected chi connectivity index (χ2v) is 7.42. The second kappa shape index (κ2) is 7.69. The molecule has 0 fully saturated rings. The van der Waals surface area contributed by atoms with Crippen LogP contribution in [0.3, 0.4) is 0 Å². The van der Waals surface area contributed by atoms with Gasteiger partial charge in [-0.3, -0.25) is 4.79 Å². The Morgan fingerprint density at radius 2 is 1.48 bits per heavy atom. The lowest BCUT2D eigenvalue weighted by Gasteiger charge is -2.26. The number of ether oxygens (including phenoxy) is 1. The van der Waals surface area contributed by atoms with Gasteiger partial charge in [-0.05, 0) is 65.7 Å². The Labute approximate surface area is 179 Å². The number of carbonyl (C=O) groups is 1. The van der Waals surface area contributed by atoms with Gasteiger partial charge in [-0.1, -0.05) is 30.3 Å². The summed E-state index contributed by atoms with van der Waals surface area (Å²) in [6.45, 7) is 0.0410. The number of hydrogen-bond donors (Lipinski definition) is 0. The van der Waals surface area contributed by atoms with Gasteiger partial charge in [0.05, 0.1) is 17.1 Å². The SMILES string of the molecule is CN1C(=O)COc2ccc(-c3cc(-c4ccccc4)cc(-c4ccc(F)cc4)n3)cc21. The van der Waals surface area contributed by atoms with Gasteiger partial charge in [0.25, 0.3) is 5.91 Å². The minimum Gasteiger partial charge on any atom is -0.482 e. The van der Waals surface area contributed by atoms with Gasteiger partial charge in [-0.25, -0.2) is 9.37 Å². The summed E-state index contributed by atoms with van der Waals surface area (Å²) in [4.78, 5) is 18.5. The number of rotatable bonds is 3. The summed E-state index contributed by atoms with van der Waals surface area (Å²) < 4.78 is 19.0. The van der Waals surface area contributed by atoms with Crippen LogP contribution in [0.25, 0.3) is 33.6 Å². The summed E-state index contributed by atoms with van der Waals surface area (Å²) in [5.74, 6) is 0.289. The predicted molar refractivity (Wildman–Crippen MR) is 119 cm³/mol. The van der Waals surface area contributed by atoms with Crippen molar-refractivity contribution in [2.24, 2.45) is 0 Å². The van der Waals surface area contributed by atoms with Crippen LogP contribution in [0, 0.1) is 5.82 Å². The first kappa shape index (κ1) is 19.0. The molecule has 1 aliphatic rings. The van der Waals surface area contributed by atoms with Crippen molar-refractivity contribution in [1.82, 2.24) is 4.98 Å². The van der Waals surface area contributed by atoms with Gasteiger partial charge in [-0.2, -0.15) is 0 Å². The number of amides is 1. The monoisotopic (exact) mass is 410 g/mol. The van der Waals surface area contributed by atoms with Gasteiger partial charge in [-0.15, -0.1) is 0 Å². The largest absolute Gasteiger partial charge is 0.482 e. The third-order valence-corrected chi connectivity index (χ3v) is 5.41. The number of fused-ring (bicyclic) bond motifs is 1. The smallest absolute Gasteiger partial charge is 0.264 e. The predicted octanol–water partition coefficient (Wildman–Crippen LogP) is 5.58. The normalized spacial score (nSPS) is 13.0. The minimum absolute atomic E-state index is 0.0410. The van der Waals surface area contributed by atoms with Crippen LogP contribution >= 0.6 is 0 Å². The molecule has 0 aliphatic carbocycles. The van der Waals surface area contributed by atoms with E-state index in [-0.39, 0.29) is 18.3 Å². The van der Waals surface area contributed by atoms with Gasteiger partial charge in [0, 0.05) is 18.2 Å². The molecule has 0 spiro atoms. The number of likely N-dealkylation sites (N-methyl/N-ethyl adjacent to an activating group) is 1. The summed E-state index contributed by atoms with van der Waals surface area (Å²) in [5.41, 5.74) is 5.97. The van der Waals surface area contributed by atoms with Crippen molar-refractivity contribution in [1.29, 1.82) is 0 Å². The average Bonchev–Trinajstić information content (AvgIpc) is 2.82. The van der Waals surface area contributed by atoms with Crippen molar-refractivity contribution in [3.05, 3.63) is 90.7 Å². The highest BCUT2D eigenvalue weighted by Crippen LogP contribution is 2.37. The fraction of sp³-hybridized carbons (Fsp3) is 0.0769. The molecule has 1 amide bonds.